The Balaban J connectivity index is 1.59. The molecule has 2 fully saturated rings. The van der Waals surface area contributed by atoms with E-state index in [0.29, 0.717) is 18.4 Å². The summed E-state index contributed by atoms with van der Waals surface area (Å²) < 4.78 is 26.4. The van der Waals surface area contributed by atoms with Crippen molar-refractivity contribution in [2.75, 3.05) is 20.6 Å². The number of amides is 4. The molecular formula is C22H32N4O5S. The summed E-state index contributed by atoms with van der Waals surface area (Å²) in [5, 5.41) is 2.71. The summed E-state index contributed by atoms with van der Waals surface area (Å²) in [6.07, 6.45) is 4.09. The molecule has 0 aromatic heterocycles. The number of sulfonamides is 1. The average Bonchev–Trinajstić information content (AvgIpc) is 2.94. The molecule has 1 aliphatic heterocycles. The van der Waals surface area contributed by atoms with Gasteiger partial charge in [0.05, 0.1) is 4.90 Å². The van der Waals surface area contributed by atoms with Gasteiger partial charge in [0.15, 0.2) is 0 Å². The van der Waals surface area contributed by atoms with E-state index in [0.717, 1.165) is 24.2 Å². The molecule has 1 spiro atoms. The minimum absolute atomic E-state index is 0.163. The van der Waals surface area contributed by atoms with Gasteiger partial charge in [0.1, 0.15) is 12.1 Å². The third kappa shape index (κ3) is 4.38. The molecule has 0 atom stereocenters. The van der Waals surface area contributed by atoms with Crippen LogP contribution in [0.25, 0.3) is 0 Å². The lowest BCUT2D eigenvalue weighted by Crippen LogP contribution is -2.49. The van der Waals surface area contributed by atoms with Crippen LogP contribution in [0.2, 0.25) is 0 Å². The highest BCUT2D eigenvalue weighted by Gasteiger charge is 2.55. The number of carbonyl (C=O) groups excluding carboxylic acids is 3. The highest BCUT2D eigenvalue weighted by Crippen LogP contribution is 2.39. The number of hydrogen-bond donors (Lipinski definition) is 1. The topological polar surface area (TPSA) is 107 Å². The molecule has 9 nitrogen and oxygen atoms in total. The van der Waals surface area contributed by atoms with Crippen LogP contribution >= 0.6 is 0 Å². The zero-order chi connectivity index (χ0) is 23.7. The molecule has 176 valence electrons. The zero-order valence-electron chi connectivity index (χ0n) is 19.1. The Bertz CT molecular complexity index is 984. The average molecular weight is 465 g/mol. The van der Waals surface area contributed by atoms with Crippen molar-refractivity contribution in [1.29, 1.82) is 0 Å². The number of rotatable bonds is 7. The normalized spacial score (nSPS) is 18.8. The highest BCUT2D eigenvalue weighted by atomic mass is 32.2. The van der Waals surface area contributed by atoms with Crippen LogP contribution in [0.5, 0.6) is 0 Å². The first kappa shape index (κ1) is 24.2. The number of urea groups is 1. The van der Waals surface area contributed by atoms with Crippen molar-refractivity contribution in [2.24, 2.45) is 0 Å². The van der Waals surface area contributed by atoms with Crippen LogP contribution in [0.4, 0.5) is 4.79 Å². The fourth-order valence-electron chi connectivity index (χ4n) is 4.29. The number of likely N-dealkylation sites (N-methyl/N-ethyl adjacent to an activating group) is 1. The number of hydrogen-bond acceptors (Lipinski definition) is 5. The quantitative estimate of drug-likeness (QED) is 0.621. The lowest BCUT2D eigenvalue weighted by Gasteiger charge is -2.35. The van der Waals surface area contributed by atoms with Crippen molar-refractivity contribution >= 4 is 27.9 Å². The van der Waals surface area contributed by atoms with Crippen LogP contribution in [0, 0.1) is 0 Å². The predicted molar refractivity (Wildman–Crippen MR) is 119 cm³/mol. The van der Waals surface area contributed by atoms with E-state index in [9.17, 15) is 22.8 Å². The van der Waals surface area contributed by atoms with E-state index in [1.54, 1.807) is 33.0 Å². The van der Waals surface area contributed by atoms with Gasteiger partial charge in [-0.05, 0) is 44.4 Å². The summed E-state index contributed by atoms with van der Waals surface area (Å²) in [6.45, 7) is 3.43. The third-order valence-electron chi connectivity index (χ3n) is 6.60. The summed E-state index contributed by atoms with van der Waals surface area (Å²) in [6, 6.07) is 5.68. The standard InChI is InChI=1S/C22H32N4O5S/c1-16(2)25(4)32(30,31)18-10-8-17(9-11-18)14-23-19(27)15-26-20(28)22(24(3)21(26)29)12-6-5-7-13-22/h8-11,16H,5-7,12-15H2,1-4H3,(H,23,27). The van der Waals surface area contributed by atoms with Gasteiger partial charge >= 0.3 is 6.03 Å². The van der Waals surface area contributed by atoms with Crippen LogP contribution in [-0.2, 0) is 26.2 Å². The first-order chi connectivity index (χ1) is 15.0. The summed E-state index contributed by atoms with van der Waals surface area (Å²) in [7, 11) is -0.407. The van der Waals surface area contributed by atoms with Crippen molar-refractivity contribution in [1.82, 2.24) is 19.4 Å². The molecule has 1 aromatic carbocycles. The number of benzene rings is 1. The van der Waals surface area contributed by atoms with Crippen molar-refractivity contribution in [3.8, 4) is 0 Å². The Labute approximate surface area is 189 Å². The Morgan fingerprint density at radius 3 is 2.28 bits per heavy atom. The third-order valence-corrected chi connectivity index (χ3v) is 8.65. The smallest absolute Gasteiger partial charge is 0.327 e. The maximum atomic E-state index is 13.0. The van der Waals surface area contributed by atoms with Crippen molar-refractivity contribution in [2.45, 2.75) is 69.0 Å². The molecule has 1 aliphatic carbocycles. The molecule has 0 radical (unpaired) electrons. The summed E-state index contributed by atoms with van der Waals surface area (Å²) in [5.41, 5.74) is -0.0930. The van der Waals surface area contributed by atoms with Gasteiger partial charge in [-0.2, -0.15) is 4.31 Å². The van der Waals surface area contributed by atoms with Crippen molar-refractivity contribution in [3.63, 3.8) is 0 Å². The fourth-order valence-corrected chi connectivity index (χ4v) is 5.66. The minimum atomic E-state index is -3.57. The predicted octanol–water partition coefficient (Wildman–Crippen LogP) is 1.93. The number of carbonyl (C=O) groups is 3. The Kier molecular flexibility index (Phi) is 6.94. The van der Waals surface area contributed by atoms with Crippen molar-refractivity contribution < 1.29 is 22.8 Å². The van der Waals surface area contributed by atoms with Gasteiger partial charge in [0, 0.05) is 26.7 Å². The molecule has 32 heavy (non-hydrogen) atoms. The first-order valence-electron chi connectivity index (χ1n) is 10.9. The summed E-state index contributed by atoms with van der Waals surface area (Å²) in [4.78, 5) is 40.8. The molecule has 1 heterocycles. The van der Waals surface area contributed by atoms with Gasteiger partial charge in [-0.15, -0.1) is 0 Å². The maximum absolute atomic E-state index is 13.0. The molecule has 1 N–H and O–H groups in total. The summed E-state index contributed by atoms with van der Waals surface area (Å²) in [5.74, 6) is -0.729. The van der Waals surface area contributed by atoms with Gasteiger partial charge < -0.3 is 10.2 Å². The fraction of sp³-hybridized carbons (Fsp3) is 0.591. The monoisotopic (exact) mass is 464 g/mol. The van der Waals surface area contributed by atoms with Crippen LogP contribution in [0.15, 0.2) is 29.2 Å². The van der Waals surface area contributed by atoms with Gasteiger partial charge in [0.25, 0.3) is 5.91 Å². The molecule has 1 aromatic rings. The molecule has 1 saturated carbocycles. The molecule has 3 rings (SSSR count). The second-order valence-corrected chi connectivity index (χ2v) is 10.9. The largest absolute Gasteiger partial charge is 0.350 e. The van der Waals surface area contributed by atoms with E-state index in [2.05, 4.69) is 5.32 Å². The molecule has 1 saturated heterocycles. The van der Waals surface area contributed by atoms with E-state index in [-0.39, 0.29) is 29.9 Å². The Hall–Kier alpha value is -2.46. The Morgan fingerprint density at radius 1 is 1.12 bits per heavy atom. The molecule has 0 bridgehead atoms. The Morgan fingerprint density at radius 2 is 1.72 bits per heavy atom. The van der Waals surface area contributed by atoms with Gasteiger partial charge in [-0.1, -0.05) is 31.4 Å². The highest BCUT2D eigenvalue weighted by molar-refractivity contribution is 7.89. The lowest BCUT2D eigenvalue weighted by molar-refractivity contribution is -0.137. The van der Waals surface area contributed by atoms with Crippen LogP contribution < -0.4 is 5.32 Å². The number of nitrogens with one attached hydrogen (secondary N) is 1. The first-order valence-corrected chi connectivity index (χ1v) is 12.4. The molecule has 0 unspecified atom stereocenters. The zero-order valence-corrected chi connectivity index (χ0v) is 19.9. The number of imide groups is 1. The van der Waals surface area contributed by atoms with E-state index in [1.165, 1.54) is 28.4 Å². The maximum Gasteiger partial charge on any atom is 0.327 e. The molecule has 10 heteroatoms. The van der Waals surface area contributed by atoms with Crippen LogP contribution in [0.3, 0.4) is 0 Å². The van der Waals surface area contributed by atoms with E-state index < -0.39 is 27.5 Å². The minimum Gasteiger partial charge on any atom is -0.350 e. The lowest BCUT2D eigenvalue weighted by atomic mass is 9.81. The van der Waals surface area contributed by atoms with Crippen molar-refractivity contribution in [3.05, 3.63) is 29.8 Å². The second-order valence-electron chi connectivity index (χ2n) is 8.86. The van der Waals surface area contributed by atoms with Gasteiger partial charge in [-0.25, -0.2) is 13.2 Å². The van der Waals surface area contributed by atoms with E-state index in [1.807, 2.05) is 0 Å². The number of nitrogens with zero attached hydrogens (tertiary/aromatic N) is 3. The molecule has 4 amide bonds. The summed E-state index contributed by atoms with van der Waals surface area (Å²) >= 11 is 0. The van der Waals surface area contributed by atoms with E-state index in [4.69, 9.17) is 0 Å². The van der Waals surface area contributed by atoms with Gasteiger partial charge in [-0.3, -0.25) is 14.5 Å². The SMILES string of the molecule is CC(C)N(C)S(=O)(=O)c1ccc(CNC(=O)CN2C(=O)N(C)C3(CCCCC3)C2=O)cc1. The molecular weight excluding hydrogens is 432 g/mol. The van der Waals surface area contributed by atoms with Crippen LogP contribution in [0.1, 0.15) is 51.5 Å². The second kappa shape index (κ2) is 9.19. The van der Waals surface area contributed by atoms with Gasteiger partial charge in [0.2, 0.25) is 15.9 Å². The molecule has 2 aliphatic rings. The van der Waals surface area contributed by atoms with E-state index >= 15 is 0 Å². The van der Waals surface area contributed by atoms with Crippen LogP contribution in [-0.4, -0.2) is 72.6 Å².